The number of methoxy groups -OCH3 is 1. The van der Waals surface area contributed by atoms with Crippen LogP contribution in [0.3, 0.4) is 0 Å². The van der Waals surface area contributed by atoms with Crippen LogP contribution in [0.25, 0.3) is 11.0 Å². The van der Waals surface area contributed by atoms with Crippen molar-refractivity contribution < 1.29 is 22.4 Å². The molecule has 0 atom stereocenters. The van der Waals surface area contributed by atoms with Gasteiger partial charge in [-0.25, -0.2) is 13.2 Å². The number of hydrogen-bond donors (Lipinski definition) is 1. The second-order valence-electron chi connectivity index (χ2n) is 6.73. The third-order valence-corrected chi connectivity index (χ3v) is 6.01. The zero-order valence-electron chi connectivity index (χ0n) is 16.6. The van der Waals surface area contributed by atoms with Gasteiger partial charge in [-0.3, -0.25) is 4.79 Å². The first-order chi connectivity index (χ1) is 14.2. The van der Waals surface area contributed by atoms with Crippen LogP contribution in [0, 0.1) is 6.92 Å². The number of rotatable bonds is 6. The molecule has 0 saturated heterocycles. The van der Waals surface area contributed by atoms with Gasteiger partial charge in [0, 0.05) is 27.3 Å². The van der Waals surface area contributed by atoms with Gasteiger partial charge in [-0.15, -0.1) is 0 Å². The molecule has 0 bridgehead atoms. The molecule has 0 unspecified atom stereocenters. The third-order valence-electron chi connectivity index (χ3n) is 4.65. The average Bonchev–Trinajstić information content (AvgIpc) is 2.68. The highest BCUT2D eigenvalue weighted by molar-refractivity contribution is 8.13. The molecule has 1 N–H and O–H groups in total. The fourth-order valence-electron chi connectivity index (χ4n) is 3.18. The second kappa shape index (κ2) is 8.49. The Morgan fingerprint density at radius 1 is 1.20 bits per heavy atom. The van der Waals surface area contributed by atoms with Crippen LogP contribution in [-0.4, -0.2) is 21.4 Å². The number of anilines is 1. The topological polar surface area (TPSA) is 103 Å². The number of hydrogen-bond acceptors (Lipinski definition) is 6. The predicted octanol–water partition coefficient (Wildman–Crippen LogP) is 4.24. The van der Waals surface area contributed by atoms with Crippen LogP contribution in [0.15, 0.2) is 50.5 Å². The highest BCUT2D eigenvalue weighted by Crippen LogP contribution is 2.29. The number of ether oxygens (including phenoxy) is 1. The number of amides is 1. The lowest BCUT2D eigenvalue weighted by atomic mass is 10.0. The van der Waals surface area contributed by atoms with Crippen LogP contribution in [0.4, 0.5) is 5.69 Å². The van der Waals surface area contributed by atoms with Gasteiger partial charge in [0.2, 0.25) is 0 Å². The van der Waals surface area contributed by atoms with E-state index in [9.17, 15) is 18.0 Å². The maximum atomic E-state index is 12.7. The fraction of sp³-hybridized carbons (Fsp3) is 0.238. The smallest absolute Gasteiger partial charge is 0.349 e. The Hall–Kier alpha value is -2.84. The quantitative estimate of drug-likeness (QED) is 0.446. The predicted molar refractivity (Wildman–Crippen MR) is 115 cm³/mol. The summed E-state index contributed by atoms with van der Waals surface area (Å²) in [6, 6.07) is 8.99. The van der Waals surface area contributed by atoms with Crippen LogP contribution in [-0.2, 0) is 15.5 Å². The summed E-state index contributed by atoms with van der Waals surface area (Å²) in [4.78, 5) is 25.2. The van der Waals surface area contributed by atoms with E-state index >= 15 is 0 Å². The summed E-state index contributed by atoms with van der Waals surface area (Å²) < 4.78 is 33.7. The number of nitrogens with one attached hydrogen (secondary N) is 1. The van der Waals surface area contributed by atoms with E-state index in [1.54, 1.807) is 26.2 Å². The van der Waals surface area contributed by atoms with E-state index in [1.807, 2.05) is 6.92 Å². The summed E-state index contributed by atoms with van der Waals surface area (Å²) in [6.45, 7) is 3.62. The molecule has 7 nitrogen and oxygen atoms in total. The minimum absolute atomic E-state index is 0.0812. The van der Waals surface area contributed by atoms with Gasteiger partial charge in [0.1, 0.15) is 16.9 Å². The van der Waals surface area contributed by atoms with Gasteiger partial charge in [-0.2, -0.15) is 0 Å². The van der Waals surface area contributed by atoms with E-state index in [0.29, 0.717) is 34.4 Å². The summed E-state index contributed by atoms with van der Waals surface area (Å²) in [6.07, 6.45) is 1.48. The van der Waals surface area contributed by atoms with Crippen molar-refractivity contribution in [1.29, 1.82) is 0 Å². The lowest BCUT2D eigenvalue weighted by Gasteiger charge is -2.12. The lowest BCUT2D eigenvalue weighted by molar-refractivity contribution is 0.102. The van der Waals surface area contributed by atoms with Gasteiger partial charge in [0.05, 0.1) is 12.0 Å². The zero-order chi connectivity index (χ0) is 22.1. The van der Waals surface area contributed by atoms with Crippen LogP contribution >= 0.6 is 10.7 Å². The standard InChI is InChI=1S/C21H20ClNO6S/c1-4-5-15-18(28-3)9-6-13-11-16(21(25)29-19(13)15)20(24)23-17-8-7-14(10-12(17)2)30(22,26)27/h6-11H,4-5H2,1-3H3,(H,23,24). The SMILES string of the molecule is CCCc1c(OC)ccc2cc(C(=O)Nc3ccc(S(=O)(=O)Cl)cc3C)c(=O)oc12. The first-order valence-electron chi connectivity index (χ1n) is 9.16. The molecule has 3 aromatic rings. The number of fused-ring (bicyclic) bond motifs is 1. The normalized spacial score (nSPS) is 11.5. The monoisotopic (exact) mass is 449 g/mol. The summed E-state index contributed by atoms with van der Waals surface area (Å²) >= 11 is 0. The number of halogens is 1. The van der Waals surface area contributed by atoms with E-state index in [1.165, 1.54) is 24.3 Å². The largest absolute Gasteiger partial charge is 0.496 e. The number of carbonyl (C=O) groups excluding carboxylic acids is 1. The van der Waals surface area contributed by atoms with Crippen molar-refractivity contribution in [2.24, 2.45) is 0 Å². The summed E-state index contributed by atoms with van der Waals surface area (Å²) in [5.74, 6) is -0.0437. The Bertz CT molecular complexity index is 1300. The van der Waals surface area contributed by atoms with E-state index in [2.05, 4.69) is 5.32 Å². The van der Waals surface area contributed by atoms with Crippen molar-refractivity contribution in [3.05, 3.63) is 63.5 Å². The van der Waals surface area contributed by atoms with Gasteiger partial charge < -0.3 is 14.5 Å². The molecule has 1 aromatic heterocycles. The summed E-state index contributed by atoms with van der Waals surface area (Å²) in [5.41, 5.74) is 1.06. The average molecular weight is 450 g/mol. The van der Waals surface area contributed by atoms with Crippen molar-refractivity contribution in [2.75, 3.05) is 12.4 Å². The van der Waals surface area contributed by atoms with Gasteiger partial charge in [0.15, 0.2) is 0 Å². The molecule has 0 aliphatic carbocycles. The number of benzene rings is 2. The van der Waals surface area contributed by atoms with Crippen LogP contribution in [0.5, 0.6) is 5.75 Å². The molecular formula is C21H20ClNO6S. The highest BCUT2D eigenvalue weighted by Gasteiger charge is 2.19. The maximum Gasteiger partial charge on any atom is 0.349 e. The second-order valence-corrected chi connectivity index (χ2v) is 9.30. The Morgan fingerprint density at radius 3 is 2.53 bits per heavy atom. The molecule has 1 amide bonds. The van der Waals surface area contributed by atoms with Crippen LogP contribution in [0.1, 0.15) is 34.8 Å². The number of carbonyl (C=O) groups is 1. The van der Waals surface area contributed by atoms with Crippen molar-refractivity contribution in [3.8, 4) is 5.75 Å². The van der Waals surface area contributed by atoms with Gasteiger partial charge in [0.25, 0.3) is 15.0 Å². The molecule has 0 aliphatic rings. The van der Waals surface area contributed by atoms with E-state index in [-0.39, 0.29) is 10.5 Å². The van der Waals surface area contributed by atoms with Crippen molar-refractivity contribution >= 4 is 42.3 Å². The molecule has 0 spiro atoms. The molecule has 30 heavy (non-hydrogen) atoms. The van der Waals surface area contributed by atoms with Crippen LogP contribution in [0.2, 0.25) is 0 Å². The van der Waals surface area contributed by atoms with E-state index < -0.39 is 20.6 Å². The van der Waals surface area contributed by atoms with Gasteiger partial charge >= 0.3 is 5.63 Å². The Kier molecular flexibility index (Phi) is 6.19. The summed E-state index contributed by atoms with van der Waals surface area (Å²) in [5, 5.41) is 3.21. The molecule has 0 saturated carbocycles. The molecule has 3 rings (SSSR count). The first-order valence-corrected chi connectivity index (χ1v) is 11.5. The molecule has 9 heteroatoms. The Balaban J connectivity index is 2.00. The first kappa shape index (κ1) is 21.9. The zero-order valence-corrected chi connectivity index (χ0v) is 18.2. The van der Waals surface area contributed by atoms with Gasteiger partial charge in [-0.05, 0) is 55.3 Å². The molecule has 158 valence electrons. The molecule has 0 aliphatic heterocycles. The van der Waals surface area contributed by atoms with E-state index in [4.69, 9.17) is 19.8 Å². The van der Waals surface area contributed by atoms with Gasteiger partial charge in [-0.1, -0.05) is 13.3 Å². The number of aryl methyl sites for hydroxylation is 2. The highest BCUT2D eigenvalue weighted by atomic mass is 35.7. The molecule has 0 fully saturated rings. The van der Waals surface area contributed by atoms with Crippen molar-refractivity contribution in [3.63, 3.8) is 0 Å². The molecule has 1 heterocycles. The van der Waals surface area contributed by atoms with Crippen LogP contribution < -0.4 is 15.7 Å². The maximum absolute atomic E-state index is 12.7. The minimum atomic E-state index is -3.88. The Morgan fingerprint density at radius 2 is 1.93 bits per heavy atom. The molecule has 2 aromatic carbocycles. The third kappa shape index (κ3) is 4.34. The molecular weight excluding hydrogens is 430 g/mol. The fourth-order valence-corrected chi connectivity index (χ4v) is 4.01. The lowest BCUT2D eigenvalue weighted by Crippen LogP contribution is -2.21. The van der Waals surface area contributed by atoms with Crippen molar-refractivity contribution in [2.45, 2.75) is 31.6 Å². The Labute approximate surface area is 178 Å². The van der Waals surface area contributed by atoms with E-state index in [0.717, 1.165) is 12.0 Å². The summed E-state index contributed by atoms with van der Waals surface area (Å²) in [7, 11) is 3.00. The molecule has 0 radical (unpaired) electrons. The van der Waals surface area contributed by atoms with Crippen molar-refractivity contribution in [1.82, 2.24) is 0 Å². The minimum Gasteiger partial charge on any atom is -0.496 e.